The number of rotatable bonds is 8. The SMILES string of the molecule is C=C(Cc1nc(C)nc(NCc2cccc(C(F)(F)F)c2)c1C1CCCO1)NC12CCN(CC1)CC2. The smallest absolute Gasteiger partial charge is 0.383 e. The van der Waals surface area contributed by atoms with Crippen LogP contribution in [-0.2, 0) is 23.9 Å². The molecule has 2 bridgehead atoms. The summed E-state index contributed by atoms with van der Waals surface area (Å²) in [7, 11) is 0. The fraction of sp³-hybridized carbons (Fsp3) is 0.556. The number of alkyl halides is 3. The van der Waals surface area contributed by atoms with Crippen molar-refractivity contribution in [1.82, 2.24) is 20.2 Å². The third kappa shape index (κ3) is 5.52. The number of nitrogens with one attached hydrogen (secondary N) is 2. The fourth-order valence-corrected chi connectivity index (χ4v) is 5.73. The summed E-state index contributed by atoms with van der Waals surface area (Å²) in [6.45, 7) is 10.5. The number of allylic oxidation sites excluding steroid dienone is 1. The molecular weight excluding hydrogens is 467 g/mol. The number of halogens is 3. The Morgan fingerprint density at radius 3 is 2.61 bits per heavy atom. The first-order chi connectivity index (χ1) is 17.2. The Balaban J connectivity index is 1.37. The Bertz CT molecular complexity index is 1090. The van der Waals surface area contributed by atoms with Gasteiger partial charge in [0.1, 0.15) is 11.6 Å². The van der Waals surface area contributed by atoms with Crippen LogP contribution in [0.25, 0.3) is 0 Å². The molecule has 1 aromatic carbocycles. The van der Waals surface area contributed by atoms with E-state index in [-0.39, 0.29) is 18.2 Å². The van der Waals surface area contributed by atoms with Crippen LogP contribution in [0, 0.1) is 6.92 Å². The molecule has 0 radical (unpaired) electrons. The molecule has 4 saturated heterocycles. The number of aromatic nitrogens is 2. The van der Waals surface area contributed by atoms with Crippen molar-refractivity contribution < 1.29 is 17.9 Å². The predicted molar refractivity (Wildman–Crippen MR) is 132 cm³/mol. The predicted octanol–water partition coefficient (Wildman–Crippen LogP) is 5.15. The van der Waals surface area contributed by atoms with Gasteiger partial charge >= 0.3 is 6.18 Å². The minimum absolute atomic E-state index is 0.114. The second-order valence-corrected chi connectivity index (χ2v) is 10.3. The largest absolute Gasteiger partial charge is 0.416 e. The van der Waals surface area contributed by atoms with E-state index in [0.717, 1.165) is 74.8 Å². The molecule has 2 N–H and O–H groups in total. The van der Waals surface area contributed by atoms with E-state index in [1.165, 1.54) is 12.1 Å². The normalized spacial score (nSPS) is 25.7. The van der Waals surface area contributed by atoms with E-state index in [4.69, 9.17) is 9.72 Å². The lowest BCUT2D eigenvalue weighted by atomic mass is 9.79. The van der Waals surface area contributed by atoms with Crippen LogP contribution in [0.15, 0.2) is 36.5 Å². The molecule has 194 valence electrons. The molecule has 0 amide bonds. The first kappa shape index (κ1) is 25.0. The minimum atomic E-state index is -4.38. The van der Waals surface area contributed by atoms with E-state index in [1.807, 2.05) is 6.92 Å². The minimum Gasteiger partial charge on any atom is -0.383 e. The average molecular weight is 502 g/mol. The van der Waals surface area contributed by atoms with E-state index in [1.54, 1.807) is 6.07 Å². The molecule has 0 saturated carbocycles. The molecule has 36 heavy (non-hydrogen) atoms. The van der Waals surface area contributed by atoms with Crippen LogP contribution in [0.2, 0.25) is 0 Å². The Morgan fingerprint density at radius 1 is 1.19 bits per heavy atom. The topological polar surface area (TPSA) is 62.3 Å². The summed E-state index contributed by atoms with van der Waals surface area (Å²) < 4.78 is 45.6. The van der Waals surface area contributed by atoms with Crippen LogP contribution in [0.3, 0.4) is 0 Å². The van der Waals surface area contributed by atoms with Gasteiger partial charge < -0.3 is 20.3 Å². The van der Waals surface area contributed by atoms with Gasteiger partial charge in [-0.25, -0.2) is 9.97 Å². The van der Waals surface area contributed by atoms with Gasteiger partial charge in [-0.15, -0.1) is 0 Å². The molecule has 6 nitrogen and oxygen atoms in total. The number of ether oxygens (including phenoxy) is 1. The van der Waals surface area contributed by atoms with Crippen molar-refractivity contribution in [2.75, 3.05) is 31.6 Å². The van der Waals surface area contributed by atoms with Crippen LogP contribution in [0.5, 0.6) is 0 Å². The number of hydrogen-bond acceptors (Lipinski definition) is 6. The zero-order valence-corrected chi connectivity index (χ0v) is 20.8. The molecule has 1 atom stereocenters. The molecule has 2 aromatic rings. The molecule has 0 spiro atoms. The fourth-order valence-electron chi connectivity index (χ4n) is 5.73. The highest BCUT2D eigenvalue weighted by Crippen LogP contribution is 2.37. The van der Waals surface area contributed by atoms with E-state index in [0.29, 0.717) is 30.2 Å². The van der Waals surface area contributed by atoms with Crippen LogP contribution >= 0.6 is 0 Å². The average Bonchev–Trinajstić information content (AvgIpc) is 3.37. The number of piperidine rings is 3. The summed E-state index contributed by atoms with van der Waals surface area (Å²) in [5, 5.41) is 7.05. The zero-order valence-electron chi connectivity index (χ0n) is 20.8. The monoisotopic (exact) mass is 501 g/mol. The first-order valence-electron chi connectivity index (χ1n) is 12.8. The Morgan fingerprint density at radius 2 is 1.94 bits per heavy atom. The summed E-state index contributed by atoms with van der Waals surface area (Å²) in [5.74, 6) is 1.23. The Labute approximate surface area is 210 Å². The van der Waals surface area contributed by atoms with Gasteiger partial charge in [0.25, 0.3) is 0 Å². The first-order valence-corrected chi connectivity index (χ1v) is 12.8. The standard InChI is InChI=1S/C27H34F3N5O/c1-18(34-26-8-11-35(12-9-26)13-10-26)15-22-24(23-7-4-14-36-23)25(33-19(2)32-22)31-17-20-5-3-6-21(16-20)27(28,29)30/h3,5-6,16,23,34H,1,4,7-15,17H2,2H3,(H,31,32,33). The van der Waals surface area contributed by atoms with Gasteiger partial charge in [0.15, 0.2) is 0 Å². The second kappa shape index (κ2) is 10.0. The number of nitrogens with zero attached hydrogens (tertiary/aromatic N) is 3. The van der Waals surface area contributed by atoms with Crippen LogP contribution in [0.1, 0.15) is 66.4 Å². The lowest BCUT2D eigenvalue weighted by molar-refractivity contribution is -0.137. The number of benzene rings is 1. The summed E-state index contributed by atoms with van der Waals surface area (Å²) in [6.07, 6.45) is 1.21. The number of fused-ring (bicyclic) bond motifs is 3. The third-order valence-corrected chi connectivity index (χ3v) is 7.64. The van der Waals surface area contributed by atoms with Crippen molar-refractivity contribution in [2.24, 2.45) is 0 Å². The molecule has 0 aliphatic carbocycles. The van der Waals surface area contributed by atoms with Crippen molar-refractivity contribution in [3.63, 3.8) is 0 Å². The summed E-state index contributed by atoms with van der Waals surface area (Å²) in [5.41, 5.74) is 2.69. The molecule has 4 fully saturated rings. The molecule has 6 rings (SSSR count). The molecule has 9 heteroatoms. The van der Waals surface area contributed by atoms with Crippen LogP contribution in [-0.4, -0.2) is 46.6 Å². The van der Waals surface area contributed by atoms with Gasteiger partial charge in [-0.3, -0.25) is 0 Å². The molecule has 4 aliphatic rings. The lowest BCUT2D eigenvalue weighted by Crippen LogP contribution is -2.59. The number of anilines is 1. The summed E-state index contributed by atoms with van der Waals surface area (Å²) >= 11 is 0. The van der Waals surface area contributed by atoms with Gasteiger partial charge in [0.05, 0.1) is 17.4 Å². The van der Waals surface area contributed by atoms with Gasteiger partial charge in [-0.05, 0) is 56.7 Å². The zero-order chi connectivity index (χ0) is 25.3. The van der Waals surface area contributed by atoms with E-state index >= 15 is 0 Å². The van der Waals surface area contributed by atoms with Crippen molar-refractivity contribution in [3.8, 4) is 0 Å². The van der Waals surface area contributed by atoms with Crippen molar-refractivity contribution in [1.29, 1.82) is 0 Å². The van der Waals surface area contributed by atoms with E-state index in [2.05, 4.69) is 27.1 Å². The van der Waals surface area contributed by atoms with Crippen LogP contribution < -0.4 is 10.6 Å². The maximum absolute atomic E-state index is 13.2. The van der Waals surface area contributed by atoms with Gasteiger partial charge in [-0.2, -0.15) is 13.2 Å². The lowest BCUT2D eigenvalue weighted by Gasteiger charge is -2.49. The van der Waals surface area contributed by atoms with Gasteiger partial charge in [0, 0.05) is 56.0 Å². The highest BCUT2D eigenvalue weighted by molar-refractivity contribution is 5.50. The van der Waals surface area contributed by atoms with Crippen molar-refractivity contribution in [2.45, 2.75) is 69.8 Å². The second-order valence-electron chi connectivity index (χ2n) is 10.3. The maximum Gasteiger partial charge on any atom is 0.416 e. The molecular formula is C27H34F3N5O. The summed E-state index contributed by atoms with van der Waals surface area (Å²) in [4.78, 5) is 11.9. The van der Waals surface area contributed by atoms with E-state index < -0.39 is 11.7 Å². The van der Waals surface area contributed by atoms with Crippen molar-refractivity contribution >= 4 is 5.82 Å². The molecule has 5 heterocycles. The molecule has 1 unspecified atom stereocenters. The maximum atomic E-state index is 13.2. The van der Waals surface area contributed by atoms with Gasteiger partial charge in [0.2, 0.25) is 0 Å². The van der Waals surface area contributed by atoms with Gasteiger partial charge in [-0.1, -0.05) is 18.7 Å². The Kier molecular flexibility index (Phi) is 6.96. The van der Waals surface area contributed by atoms with Crippen LogP contribution in [0.4, 0.5) is 19.0 Å². The quantitative estimate of drug-likeness (QED) is 0.522. The van der Waals surface area contributed by atoms with Crippen molar-refractivity contribution in [3.05, 3.63) is 64.8 Å². The Hall–Kier alpha value is -2.65. The number of hydrogen-bond donors (Lipinski definition) is 2. The summed E-state index contributed by atoms with van der Waals surface area (Å²) in [6, 6.07) is 5.38. The third-order valence-electron chi connectivity index (χ3n) is 7.64. The highest BCUT2D eigenvalue weighted by atomic mass is 19.4. The highest BCUT2D eigenvalue weighted by Gasteiger charge is 2.39. The number of aryl methyl sites for hydroxylation is 1. The van der Waals surface area contributed by atoms with E-state index in [9.17, 15) is 13.2 Å². The molecule has 4 aliphatic heterocycles. The molecule has 1 aromatic heterocycles.